The highest BCUT2D eigenvalue weighted by Crippen LogP contribution is 2.39. The van der Waals surface area contributed by atoms with Gasteiger partial charge in [0.25, 0.3) is 5.91 Å². The zero-order valence-electron chi connectivity index (χ0n) is 23.3. The highest BCUT2D eigenvalue weighted by atomic mass is 32.1. The fourth-order valence-electron chi connectivity index (χ4n) is 5.60. The van der Waals surface area contributed by atoms with E-state index in [-0.39, 0.29) is 11.6 Å². The number of pyridine rings is 2. The largest absolute Gasteiger partial charge is 0.389 e. The van der Waals surface area contributed by atoms with Crippen LogP contribution in [0, 0.1) is 5.82 Å². The lowest BCUT2D eigenvalue weighted by atomic mass is 10.0. The molecule has 0 radical (unpaired) electrons. The second-order valence-electron chi connectivity index (χ2n) is 10.6. The molecule has 1 amide bonds. The van der Waals surface area contributed by atoms with Crippen molar-refractivity contribution in [1.29, 1.82) is 0 Å². The molecule has 7 rings (SSSR count). The van der Waals surface area contributed by atoms with Crippen molar-refractivity contribution in [3.63, 3.8) is 0 Å². The van der Waals surface area contributed by atoms with E-state index in [0.717, 1.165) is 45.5 Å². The van der Waals surface area contributed by atoms with Crippen LogP contribution in [0.4, 0.5) is 10.2 Å². The summed E-state index contributed by atoms with van der Waals surface area (Å²) in [6, 6.07) is 19.5. The molecule has 0 spiro atoms. The van der Waals surface area contributed by atoms with Gasteiger partial charge in [0.05, 0.1) is 23.4 Å². The molecule has 1 unspecified atom stereocenters. The Balaban J connectivity index is 1.30. The molecule has 5 heterocycles. The number of aliphatic hydroxyl groups excluding tert-OH is 1. The van der Waals surface area contributed by atoms with Crippen molar-refractivity contribution in [3.8, 4) is 16.1 Å². The first-order valence-corrected chi connectivity index (χ1v) is 15.0. The van der Waals surface area contributed by atoms with Gasteiger partial charge in [-0.25, -0.2) is 14.4 Å². The molecule has 11 heteroatoms. The maximum Gasteiger partial charge on any atom is 0.262 e. The summed E-state index contributed by atoms with van der Waals surface area (Å²) in [6.45, 7) is 3.18. The average molecular weight is 594 g/mol. The van der Waals surface area contributed by atoms with Gasteiger partial charge in [-0.05, 0) is 79.9 Å². The molecule has 1 aliphatic heterocycles. The predicted octanol–water partition coefficient (Wildman–Crippen LogP) is 5.68. The third kappa shape index (κ3) is 5.05. The van der Waals surface area contributed by atoms with Crippen LogP contribution in [0.2, 0.25) is 0 Å². The lowest BCUT2D eigenvalue weighted by Gasteiger charge is -2.34. The van der Waals surface area contributed by atoms with Gasteiger partial charge in [0.1, 0.15) is 17.2 Å². The van der Waals surface area contributed by atoms with Crippen LogP contribution in [-0.4, -0.2) is 55.1 Å². The summed E-state index contributed by atoms with van der Waals surface area (Å²) in [5, 5.41) is 22.5. The van der Waals surface area contributed by atoms with E-state index in [1.54, 1.807) is 53.8 Å². The molecular weight excluding hydrogens is 565 g/mol. The molecule has 1 aliphatic rings. The highest BCUT2D eigenvalue weighted by molar-refractivity contribution is 7.22. The molecule has 216 valence electrons. The number of thiophene rings is 1. The van der Waals surface area contributed by atoms with E-state index in [0.29, 0.717) is 29.2 Å². The van der Waals surface area contributed by atoms with Crippen LogP contribution in [0.15, 0.2) is 79.1 Å². The molecule has 2 atom stereocenters. The van der Waals surface area contributed by atoms with E-state index in [1.807, 2.05) is 36.4 Å². The minimum absolute atomic E-state index is 0.0504. The van der Waals surface area contributed by atoms with E-state index in [9.17, 15) is 9.90 Å². The lowest BCUT2D eigenvalue weighted by Crippen LogP contribution is -2.49. The van der Waals surface area contributed by atoms with Crippen molar-refractivity contribution < 1.29 is 14.3 Å². The van der Waals surface area contributed by atoms with Gasteiger partial charge in [-0.3, -0.25) is 9.69 Å². The molecule has 1 saturated heterocycles. The Morgan fingerprint density at radius 1 is 1.12 bits per heavy atom. The predicted molar refractivity (Wildman–Crippen MR) is 165 cm³/mol. The van der Waals surface area contributed by atoms with Gasteiger partial charge in [0, 0.05) is 40.0 Å². The fraction of sp³-hybridized carbons (Fsp3) is 0.219. The monoisotopic (exact) mass is 593 g/mol. The fourth-order valence-corrected chi connectivity index (χ4v) is 6.65. The number of piperidine rings is 1. The summed E-state index contributed by atoms with van der Waals surface area (Å²) >= 11 is 1.59. The molecular formula is C32H28FN7O2S. The number of anilines is 1. The minimum atomic E-state index is -0.663. The van der Waals surface area contributed by atoms with Crippen molar-refractivity contribution >= 4 is 44.3 Å². The molecule has 0 saturated carbocycles. The van der Waals surface area contributed by atoms with Crippen LogP contribution in [0.3, 0.4) is 0 Å². The highest BCUT2D eigenvalue weighted by Gasteiger charge is 2.32. The first-order chi connectivity index (χ1) is 21.0. The maximum atomic E-state index is 15.8. The zero-order valence-corrected chi connectivity index (χ0v) is 24.1. The summed E-state index contributed by atoms with van der Waals surface area (Å²) in [4.78, 5) is 25.9. The second-order valence-corrected chi connectivity index (χ2v) is 11.7. The third-order valence-electron chi connectivity index (χ3n) is 7.80. The topological polar surface area (TPSA) is 109 Å². The van der Waals surface area contributed by atoms with Crippen molar-refractivity contribution in [2.24, 2.45) is 0 Å². The second kappa shape index (κ2) is 11.3. The molecule has 6 aromatic rings. The van der Waals surface area contributed by atoms with Gasteiger partial charge in [-0.2, -0.15) is 4.68 Å². The number of nitrogens with zero attached hydrogens (tertiary/aromatic N) is 6. The summed E-state index contributed by atoms with van der Waals surface area (Å²) in [7, 11) is 0. The number of aliphatic hydroxyl groups is 1. The molecule has 43 heavy (non-hydrogen) atoms. The zero-order chi connectivity index (χ0) is 29.5. The van der Waals surface area contributed by atoms with E-state index >= 15 is 4.39 Å². The molecule has 0 aliphatic carbocycles. The summed E-state index contributed by atoms with van der Waals surface area (Å²) in [5.41, 5.74) is 3.25. The number of carbonyl (C=O) groups excluding carboxylic acids is 1. The molecule has 0 bridgehead atoms. The molecule has 1 fully saturated rings. The number of fused-ring (bicyclic) bond motifs is 2. The third-order valence-corrected chi connectivity index (χ3v) is 8.95. The number of halogens is 1. The SMILES string of the molecule is CC(O)c1cccc(-c2cc3c(N(C(=O)c4ccc(-n5nnc6cccnc65)cc4F)[C@@H]4CCCNC4)nccc3s2)c1. The Kier molecular flexibility index (Phi) is 7.13. The van der Waals surface area contributed by atoms with E-state index in [1.165, 1.54) is 16.8 Å². The summed E-state index contributed by atoms with van der Waals surface area (Å²) in [5.74, 6) is -0.618. The number of benzene rings is 2. The minimum Gasteiger partial charge on any atom is -0.389 e. The van der Waals surface area contributed by atoms with Crippen molar-refractivity contribution in [2.45, 2.75) is 31.9 Å². The van der Waals surface area contributed by atoms with Gasteiger partial charge < -0.3 is 10.4 Å². The number of carbonyl (C=O) groups is 1. The van der Waals surface area contributed by atoms with Gasteiger partial charge in [-0.1, -0.05) is 23.4 Å². The summed E-state index contributed by atoms with van der Waals surface area (Å²) in [6.07, 6.45) is 4.39. The lowest BCUT2D eigenvalue weighted by molar-refractivity contribution is 0.0968. The van der Waals surface area contributed by atoms with Crippen LogP contribution in [0.5, 0.6) is 0 Å². The van der Waals surface area contributed by atoms with Gasteiger partial charge >= 0.3 is 0 Å². The first-order valence-electron chi connectivity index (χ1n) is 14.2. The number of amides is 1. The quantitative estimate of drug-likeness (QED) is 0.256. The number of aromatic nitrogens is 5. The van der Waals surface area contributed by atoms with Crippen LogP contribution >= 0.6 is 11.3 Å². The van der Waals surface area contributed by atoms with E-state index in [4.69, 9.17) is 4.98 Å². The van der Waals surface area contributed by atoms with E-state index < -0.39 is 17.8 Å². The normalized spacial score (nSPS) is 16.0. The number of nitrogens with one attached hydrogen (secondary N) is 1. The van der Waals surface area contributed by atoms with Crippen molar-refractivity contribution in [1.82, 2.24) is 30.3 Å². The summed E-state index contributed by atoms with van der Waals surface area (Å²) < 4.78 is 18.2. The van der Waals surface area contributed by atoms with Gasteiger partial charge in [0.2, 0.25) is 0 Å². The first kappa shape index (κ1) is 27.3. The van der Waals surface area contributed by atoms with Crippen LogP contribution in [0.25, 0.3) is 37.4 Å². The molecule has 9 nitrogen and oxygen atoms in total. The van der Waals surface area contributed by atoms with Crippen molar-refractivity contribution in [3.05, 3.63) is 96.1 Å². The van der Waals surface area contributed by atoms with E-state index in [2.05, 4.69) is 20.6 Å². The standard InChI is InChI=1S/C32H28FN7O2S/c1-19(41)20-5-2-6-21(15-20)29-17-25-28(43-29)11-14-36-30(25)39(23-7-3-12-34-18-23)32(42)24-10-9-22(16-26(24)33)40-31-27(37-38-40)8-4-13-35-31/h2,4-6,8-11,13-17,19,23,34,41H,3,7,12,18H2,1H3/t19?,23-/m1/s1. The Morgan fingerprint density at radius 2 is 2.02 bits per heavy atom. The Labute approximate surface area is 250 Å². The van der Waals surface area contributed by atoms with Crippen LogP contribution < -0.4 is 10.2 Å². The van der Waals surface area contributed by atoms with Gasteiger partial charge in [-0.15, -0.1) is 16.4 Å². The maximum absolute atomic E-state index is 15.8. The molecule has 2 N–H and O–H groups in total. The molecule has 4 aromatic heterocycles. The van der Waals surface area contributed by atoms with Crippen LogP contribution in [-0.2, 0) is 0 Å². The Bertz CT molecular complexity index is 1960. The number of rotatable bonds is 6. The Hall–Kier alpha value is -4.58. The van der Waals surface area contributed by atoms with Crippen LogP contribution in [0.1, 0.15) is 41.8 Å². The van der Waals surface area contributed by atoms with Gasteiger partial charge in [0.15, 0.2) is 5.65 Å². The molecule has 2 aromatic carbocycles. The average Bonchev–Trinajstić information content (AvgIpc) is 3.67. The Morgan fingerprint density at radius 3 is 2.84 bits per heavy atom. The smallest absolute Gasteiger partial charge is 0.262 e. The van der Waals surface area contributed by atoms with Crippen molar-refractivity contribution in [2.75, 3.05) is 18.0 Å². The number of hydrogen-bond donors (Lipinski definition) is 2. The number of hydrogen-bond acceptors (Lipinski definition) is 8.